The lowest BCUT2D eigenvalue weighted by Gasteiger charge is -2.44. The maximum atomic E-state index is 4.46. The summed E-state index contributed by atoms with van der Waals surface area (Å²) in [6, 6.07) is 0.311. The van der Waals surface area contributed by atoms with Crippen LogP contribution in [0.5, 0.6) is 0 Å². The first kappa shape index (κ1) is 12.0. The summed E-state index contributed by atoms with van der Waals surface area (Å²) in [6.07, 6.45) is 5.39. The molecule has 1 unspecified atom stereocenters. The van der Waals surface area contributed by atoms with Crippen LogP contribution in [0, 0.1) is 0 Å². The Labute approximate surface area is 107 Å². The minimum absolute atomic E-state index is 0.311. The summed E-state index contributed by atoms with van der Waals surface area (Å²) >= 11 is 0. The first-order valence-corrected chi connectivity index (χ1v) is 6.64. The van der Waals surface area contributed by atoms with Gasteiger partial charge in [-0.05, 0) is 0 Å². The third-order valence-electron chi connectivity index (χ3n) is 3.60. The van der Waals surface area contributed by atoms with E-state index in [1.165, 1.54) is 0 Å². The van der Waals surface area contributed by atoms with Gasteiger partial charge >= 0.3 is 0 Å². The highest BCUT2D eigenvalue weighted by Gasteiger charge is 2.30. The van der Waals surface area contributed by atoms with Crippen LogP contribution in [-0.4, -0.2) is 65.8 Å². The molecule has 0 bridgehead atoms. The fourth-order valence-electron chi connectivity index (χ4n) is 2.68. The van der Waals surface area contributed by atoms with Gasteiger partial charge in [0.25, 0.3) is 0 Å². The van der Waals surface area contributed by atoms with Gasteiger partial charge < -0.3 is 10.6 Å². The highest BCUT2D eigenvalue weighted by Crippen LogP contribution is 2.21. The van der Waals surface area contributed by atoms with Crippen LogP contribution in [-0.2, 0) is 0 Å². The lowest BCUT2D eigenvalue weighted by molar-refractivity contribution is -0.0811. The molecular formula is C12H20N6. The lowest BCUT2D eigenvalue weighted by atomic mass is 10.1. The normalized spacial score (nSPS) is 27.2. The second-order valence-corrected chi connectivity index (χ2v) is 4.72. The molecule has 2 N–H and O–H groups in total. The Morgan fingerprint density at radius 1 is 1.06 bits per heavy atom. The summed E-state index contributed by atoms with van der Waals surface area (Å²) < 4.78 is 0. The van der Waals surface area contributed by atoms with Gasteiger partial charge in [0.05, 0.1) is 17.9 Å². The van der Waals surface area contributed by atoms with Crippen molar-refractivity contribution in [1.29, 1.82) is 0 Å². The predicted octanol–water partition coefficient (Wildman–Crippen LogP) is -0.757. The minimum Gasteiger partial charge on any atom is -0.314 e. The summed E-state index contributed by atoms with van der Waals surface area (Å²) in [7, 11) is 0. The first-order valence-electron chi connectivity index (χ1n) is 6.64. The van der Waals surface area contributed by atoms with Crippen LogP contribution in [0.3, 0.4) is 0 Å². The highest BCUT2D eigenvalue weighted by molar-refractivity contribution is 5.04. The number of hydrogen-bond donors (Lipinski definition) is 2. The molecular weight excluding hydrogens is 228 g/mol. The molecule has 0 aliphatic carbocycles. The van der Waals surface area contributed by atoms with Gasteiger partial charge in [-0.2, -0.15) is 0 Å². The topological polar surface area (TPSA) is 56.3 Å². The van der Waals surface area contributed by atoms with Gasteiger partial charge in [0, 0.05) is 58.2 Å². The Morgan fingerprint density at radius 2 is 1.89 bits per heavy atom. The second-order valence-electron chi connectivity index (χ2n) is 4.72. The van der Waals surface area contributed by atoms with Crippen molar-refractivity contribution >= 4 is 0 Å². The van der Waals surface area contributed by atoms with Gasteiger partial charge in [-0.3, -0.25) is 9.97 Å². The van der Waals surface area contributed by atoms with Crippen LogP contribution in [0.4, 0.5) is 0 Å². The average Bonchev–Trinajstić information content (AvgIpc) is 2.49. The SMILES string of the molecule is c1cnc(C2CNCCN2N2CCNCC2)cn1. The third-order valence-corrected chi connectivity index (χ3v) is 3.60. The Bertz CT molecular complexity index is 364. The van der Waals surface area contributed by atoms with Crippen molar-refractivity contribution < 1.29 is 0 Å². The molecule has 0 radical (unpaired) electrons. The molecule has 18 heavy (non-hydrogen) atoms. The number of nitrogens with zero attached hydrogens (tertiary/aromatic N) is 4. The summed E-state index contributed by atoms with van der Waals surface area (Å²) in [4.78, 5) is 8.65. The zero-order valence-electron chi connectivity index (χ0n) is 10.5. The van der Waals surface area contributed by atoms with E-state index in [4.69, 9.17) is 0 Å². The predicted molar refractivity (Wildman–Crippen MR) is 68.8 cm³/mol. The zero-order valence-corrected chi connectivity index (χ0v) is 10.5. The summed E-state index contributed by atoms with van der Waals surface area (Å²) in [5, 5.41) is 11.8. The molecule has 3 heterocycles. The number of rotatable bonds is 2. The molecule has 0 amide bonds. The smallest absolute Gasteiger partial charge is 0.0807 e. The van der Waals surface area contributed by atoms with E-state index < -0.39 is 0 Å². The Morgan fingerprint density at radius 3 is 2.67 bits per heavy atom. The number of piperazine rings is 2. The molecule has 2 fully saturated rings. The Hall–Kier alpha value is -1.08. The van der Waals surface area contributed by atoms with Gasteiger partial charge in [-0.15, -0.1) is 0 Å². The van der Waals surface area contributed by atoms with E-state index >= 15 is 0 Å². The van der Waals surface area contributed by atoms with E-state index in [0.717, 1.165) is 51.5 Å². The van der Waals surface area contributed by atoms with Crippen LogP contribution < -0.4 is 10.6 Å². The van der Waals surface area contributed by atoms with Gasteiger partial charge in [-0.1, -0.05) is 0 Å². The van der Waals surface area contributed by atoms with Gasteiger partial charge in [-0.25, -0.2) is 10.0 Å². The van der Waals surface area contributed by atoms with Crippen molar-refractivity contribution in [3.63, 3.8) is 0 Å². The molecule has 0 spiro atoms. The lowest BCUT2D eigenvalue weighted by Crippen LogP contribution is -2.58. The molecule has 0 saturated carbocycles. The molecule has 1 aromatic rings. The monoisotopic (exact) mass is 248 g/mol. The molecule has 6 nitrogen and oxygen atoms in total. The van der Waals surface area contributed by atoms with E-state index in [-0.39, 0.29) is 0 Å². The molecule has 6 heteroatoms. The molecule has 2 aliphatic heterocycles. The number of nitrogens with one attached hydrogen (secondary N) is 2. The summed E-state index contributed by atoms with van der Waals surface area (Å²) in [5.74, 6) is 0. The largest absolute Gasteiger partial charge is 0.314 e. The van der Waals surface area contributed by atoms with Crippen LogP contribution in [0.1, 0.15) is 11.7 Å². The van der Waals surface area contributed by atoms with Crippen LogP contribution in [0.2, 0.25) is 0 Å². The van der Waals surface area contributed by atoms with E-state index in [1.807, 2.05) is 6.20 Å². The van der Waals surface area contributed by atoms with Gasteiger partial charge in [0.1, 0.15) is 0 Å². The van der Waals surface area contributed by atoms with Crippen molar-refractivity contribution in [2.75, 3.05) is 45.8 Å². The Kier molecular flexibility index (Phi) is 3.80. The van der Waals surface area contributed by atoms with Crippen molar-refractivity contribution in [2.24, 2.45) is 0 Å². The number of hydrogen-bond acceptors (Lipinski definition) is 6. The first-order chi connectivity index (χ1) is 8.95. The van der Waals surface area contributed by atoms with Crippen molar-refractivity contribution in [1.82, 2.24) is 30.6 Å². The second kappa shape index (κ2) is 5.71. The summed E-state index contributed by atoms with van der Waals surface area (Å²) in [6.45, 7) is 7.33. The van der Waals surface area contributed by atoms with Gasteiger partial charge in [0.2, 0.25) is 0 Å². The van der Waals surface area contributed by atoms with Crippen molar-refractivity contribution in [2.45, 2.75) is 6.04 Å². The van der Waals surface area contributed by atoms with E-state index in [9.17, 15) is 0 Å². The molecule has 98 valence electrons. The fourth-order valence-corrected chi connectivity index (χ4v) is 2.68. The average molecular weight is 248 g/mol. The molecule has 0 aromatic carbocycles. The molecule has 2 saturated heterocycles. The minimum atomic E-state index is 0.311. The van der Waals surface area contributed by atoms with Crippen molar-refractivity contribution in [3.05, 3.63) is 24.3 Å². The Balaban J connectivity index is 1.77. The fraction of sp³-hybridized carbons (Fsp3) is 0.667. The molecule has 1 aromatic heterocycles. The molecule has 2 aliphatic rings. The van der Waals surface area contributed by atoms with Crippen LogP contribution in [0.25, 0.3) is 0 Å². The standard InChI is InChI=1S/C12H20N6/c1-2-16-11(9-14-1)12-10-15-5-8-18(12)17-6-3-13-4-7-17/h1-2,9,12-13,15H,3-8,10H2. The highest BCUT2D eigenvalue weighted by atomic mass is 15.7. The maximum Gasteiger partial charge on any atom is 0.0807 e. The van der Waals surface area contributed by atoms with E-state index in [1.54, 1.807) is 12.4 Å². The number of aromatic nitrogens is 2. The van der Waals surface area contributed by atoms with E-state index in [0.29, 0.717) is 6.04 Å². The van der Waals surface area contributed by atoms with Crippen LogP contribution in [0.15, 0.2) is 18.6 Å². The number of hydrazine groups is 1. The van der Waals surface area contributed by atoms with Gasteiger partial charge in [0.15, 0.2) is 0 Å². The van der Waals surface area contributed by atoms with E-state index in [2.05, 4.69) is 30.6 Å². The summed E-state index contributed by atoms with van der Waals surface area (Å²) in [5.41, 5.74) is 1.06. The van der Waals surface area contributed by atoms with Crippen LogP contribution >= 0.6 is 0 Å². The quantitative estimate of drug-likeness (QED) is 0.718. The van der Waals surface area contributed by atoms with Crippen molar-refractivity contribution in [3.8, 4) is 0 Å². The third kappa shape index (κ3) is 2.51. The maximum absolute atomic E-state index is 4.46. The molecule has 1 atom stereocenters. The molecule has 3 rings (SSSR count). The zero-order chi connectivity index (χ0) is 12.2.